The molecule has 0 aliphatic rings. The Labute approximate surface area is 119 Å². The van der Waals surface area contributed by atoms with Crippen molar-refractivity contribution in [1.29, 1.82) is 0 Å². The molecular formula is C15H27NO3. The van der Waals surface area contributed by atoms with Crippen LogP contribution in [0.2, 0.25) is 0 Å². The van der Waals surface area contributed by atoms with E-state index in [0.717, 1.165) is 39.2 Å². The molecule has 4 nitrogen and oxygen atoms in total. The first-order valence-corrected chi connectivity index (χ1v) is 6.82. The summed E-state index contributed by atoms with van der Waals surface area (Å²) >= 11 is 0. The Morgan fingerprint density at radius 1 is 1.32 bits per heavy atom. The van der Waals surface area contributed by atoms with Crippen LogP contribution >= 0.6 is 0 Å². The number of methoxy groups -OCH3 is 1. The number of esters is 1. The first-order chi connectivity index (χ1) is 9.88. The van der Waals surface area contributed by atoms with Crippen molar-refractivity contribution in [3.63, 3.8) is 0 Å². The molecule has 4 heteroatoms. The van der Waals surface area contributed by atoms with Crippen LogP contribution in [0, 0.1) is 0 Å². The molecule has 1 N–H and O–H groups in total. The van der Waals surface area contributed by atoms with Crippen LogP contribution in [-0.2, 0) is 14.3 Å². The molecule has 0 aliphatic carbocycles. The fourth-order valence-corrected chi connectivity index (χ4v) is 1.60. The molecule has 0 heterocycles. The standard InChI is InChI=1S/C15H27NO3/c1-4-5-6-7-8-9-10-11-12-14(15(18)19-3)16-13(2)17/h5-6,14H,4,7-12H2,1-3H3,(H,16,17)/b6-5-/i12D,14D. The molecule has 110 valence electrons. The molecule has 0 aliphatic heterocycles. The first kappa shape index (κ1) is 14.1. The maximum atomic E-state index is 11.7. The second kappa shape index (κ2) is 11.8. The zero-order valence-electron chi connectivity index (χ0n) is 14.2. The van der Waals surface area contributed by atoms with Gasteiger partial charge in [0, 0.05) is 8.29 Å². The van der Waals surface area contributed by atoms with E-state index in [4.69, 9.17) is 2.74 Å². The third-order valence-electron chi connectivity index (χ3n) is 2.54. The van der Waals surface area contributed by atoms with Crippen molar-refractivity contribution in [2.75, 3.05) is 7.11 Å². The van der Waals surface area contributed by atoms with E-state index in [9.17, 15) is 9.59 Å². The summed E-state index contributed by atoms with van der Waals surface area (Å²) in [6.45, 7) is 3.31. The number of hydrogen-bond acceptors (Lipinski definition) is 3. The quantitative estimate of drug-likeness (QED) is 0.377. The summed E-state index contributed by atoms with van der Waals surface area (Å²) in [7, 11) is 1.15. The smallest absolute Gasteiger partial charge is 0.328 e. The lowest BCUT2D eigenvalue weighted by atomic mass is 10.1. The number of rotatable bonds is 10. The average molecular weight is 271 g/mol. The summed E-state index contributed by atoms with van der Waals surface area (Å²) in [6.07, 6.45) is 8.32. The van der Waals surface area contributed by atoms with Gasteiger partial charge < -0.3 is 10.1 Å². The summed E-state index contributed by atoms with van der Waals surface area (Å²) in [5.74, 6) is -1.42. The van der Waals surface area contributed by atoms with E-state index in [2.05, 4.69) is 29.1 Å². The monoisotopic (exact) mass is 271 g/mol. The average Bonchev–Trinajstić information content (AvgIpc) is 2.44. The van der Waals surface area contributed by atoms with Crippen LogP contribution in [-0.4, -0.2) is 25.0 Å². The number of carbonyl (C=O) groups excluding carboxylic acids is 2. The van der Waals surface area contributed by atoms with Crippen molar-refractivity contribution in [1.82, 2.24) is 5.32 Å². The van der Waals surface area contributed by atoms with Crippen LogP contribution in [0.5, 0.6) is 0 Å². The molecule has 0 aromatic carbocycles. The number of ether oxygens (including phenoxy) is 1. The van der Waals surface area contributed by atoms with Crippen molar-refractivity contribution < 1.29 is 17.1 Å². The minimum absolute atomic E-state index is 0.371. The number of unbranched alkanes of at least 4 members (excludes halogenated alkanes) is 3. The number of amides is 1. The van der Waals surface area contributed by atoms with Crippen molar-refractivity contribution in [3.05, 3.63) is 12.2 Å². The molecule has 2 unspecified atom stereocenters. The van der Waals surface area contributed by atoms with Gasteiger partial charge in [-0.25, -0.2) is 4.79 Å². The molecule has 2 atom stereocenters. The highest BCUT2D eigenvalue weighted by atomic mass is 16.5. The van der Waals surface area contributed by atoms with Crippen molar-refractivity contribution in [2.45, 2.75) is 64.8 Å². The van der Waals surface area contributed by atoms with Gasteiger partial charge in [-0.2, -0.15) is 0 Å². The van der Waals surface area contributed by atoms with E-state index in [0.29, 0.717) is 6.42 Å². The van der Waals surface area contributed by atoms with E-state index in [1.54, 1.807) is 0 Å². The Kier molecular flexibility index (Phi) is 8.72. The maximum absolute atomic E-state index is 11.7. The first-order valence-electron chi connectivity index (χ1n) is 7.90. The largest absolute Gasteiger partial charge is 0.467 e. The lowest BCUT2D eigenvalue weighted by molar-refractivity contribution is -0.145. The minimum atomic E-state index is -2.03. The lowest BCUT2D eigenvalue weighted by Crippen LogP contribution is -2.40. The fraction of sp³-hybridized carbons (Fsp3) is 0.733. The van der Waals surface area contributed by atoms with Gasteiger partial charge in [0.15, 0.2) is 0 Å². The van der Waals surface area contributed by atoms with E-state index >= 15 is 0 Å². The van der Waals surface area contributed by atoms with Crippen molar-refractivity contribution in [2.24, 2.45) is 0 Å². The normalized spacial score (nSPS) is 17.2. The van der Waals surface area contributed by atoms with Crippen LogP contribution in [0.15, 0.2) is 12.2 Å². The highest BCUT2D eigenvalue weighted by molar-refractivity contribution is 5.83. The molecule has 0 spiro atoms. The summed E-state index contributed by atoms with van der Waals surface area (Å²) in [5.41, 5.74) is 0. The topological polar surface area (TPSA) is 55.4 Å². The zero-order valence-corrected chi connectivity index (χ0v) is 12.2. The van der Waals surface area contributed by atoms with Crippen LogP contribution < -0.4 is 5.32 Å². The van der Waals surface area contributed by atoms with Gasteiger partial charge in [0.2, 0.25) is 5.91 Å². The molecular weight excluding hydrogens is 242 g/mol. The van der Waals surface area contributed by atoms with Gasteiger partial charge in [-0.3, -0.25) is 4.79 Å². The molecule has 0 saturated carbocycles. The third-order valence-corrected chi connectivity index (χ3v) is 2.54. The summed E-state index contributed by atoms with van der Waals surface area (Å²) < 4.78 is 20.6. The molecule has 1 amide bonds. The van der Waals surface area contributed by atoms with Gasteiger partial charge in [0.25, 0.3) is 0 Å². The number of nitrogens with one attached hydrogen (secondary N) is 1. The zero-order chi connectivity index (χ0) is 16.3. The molecule has 0 rings (SSSR count). The molecule has 19 heavy (non-hydrogen) atoms. The molecule has 0 fully saturated rings. The van der Waals surface area contributed by atoms with Crippen molar-refractivity contribution >= 4 is 11.9 Å². The summed E-state index contributed by atoms with van der Waals surface area (Å²) in [6, 6.07) is -2.03. The van der Waals surface area contributed by atoms with Gasteiger partial charge in [0.1, 0.15) is 6.02 Å². The van der Waals surface area contributed by atoms with Crippen LogP contribution in [0.25, 0.3) is 0 Å². The highest BCUT2D eigenvalue weighted by Crippen LogP contribution is 2.09. The van der Waals surface area contributed by atoms with Crippen LogP contribution in [0.3, 0.4) is 0 Å². The fourth-order valence-electron chi connectivity index (χ4n) is 1.60. The lowest BCUT2D eigenvalue weighted by Gasteiger charge is -2.14. The second-order valence-corrected chi connectivity index (χ2v) is 4.31. The van der Waals surface area contributed by atoms with E-state index in [-0.39, 0.29) is 0 Å². The van der Waals surface area contributed by atoms with Crippen LogP contribution in [0.1, 0.15) is 61.5 Å². The Balaban J connectivity index is 4.29. The Hall–Kier alpha value is -1.32. The number of allylic oxidation sites excluding steroid dienone is 2. The number of hydrogen-bond donors (Lipinski definition) is 1. The Morgan fingerprint density at radius 3 is 2.58 bits per heavy atom. The van der Waals surface area contributed by atoms with Gasteiger partial charge in [0.05, 0.1) is 8.48 Å². The van der Waals surface area contributed by atoms with Gasteiger partial charge in [-0.1, -0.05) is 38.3 Å². The SMILES string of the molecule is [2H]C(CCCCC/C=C\CC)C([2H])(NC(C)=O)C(=O)OC. The molecule has 0 saturated heterocycles. The Morgan fingerprint density at radius 2 is 2.00 bits per heavy atom. The third kappa shape index (κ3) is 10.3. The second-order valence-electron chi connectivity index (χ2n) is 4.31. The van der Waals surface area contributed by atoms with Gasteiger partial charge in [-0.05, 0) is 25.7 Å². The van der Waals surface area contributed by atoms with Gasteiger partial charge >= 0.3 is 5.97 Å². The molecule has 0 aromatic rings. The van der Waals surface area contributed by atoms with Crippen molar-refractivity contribution in [3.8, 4) is 0 Å². The molecule has 0 aromatic heterocycles. The van der Waals surface area contributed by atoms with Crippen LogP contribution in [0.4, 0.5) is 0 Å². The summed E-state index contributed by atoms with van der Waals surface area (Å²) in [4.78, 5) is 22.8. The predicted octanol–water partition coefficient (Wildman–Crippen LogP) is 2.97. The van der Waals surface area contributed by atoms with E-state index < -0.39 is 24.3 Å². The molecule has 0 bridgehead atoms. The van der Waals surface area contributed by atoms with E-state index in [1.165, 1.54) is 6.92 Å². The van der Waals surface area contributed by atoms with E-state index in [1.807, 2.05) is 0 Å². The minimum Gasteiger partial charge on any atom is -0.467 e. The van der Waals surface area contributed by atoms with Gasteiger partial charge in [-0.15, -0.1) is 0 Å². The Bertz CT molecular complexity index is 361. The molecule has 0 radical (unpaired) electrons. The predicted molar refractivity (Wildman–Crippen MR) is 76.8 cm³/mol. The maximum Gasteiger partial charge on any atom is 0.328 e. The highest BCUT2D eigenvalue weighted by Gasteiger charge is 2.18. The number of carbonyl (C=O) groups is 2. The summed E-state index contributed by atoms with van der Waals surface area (Å²) in [5, 5.41) is 2.23.